The normalized spacial score (nSPS) is 9.23. The Morgan fingerprint density at radius 2 is 2.31 bits per heavy atom. The molecule has 0 saturated heterocycles. The van der Waals surface area contributed by atoms with Crippen LogP contribution >= 0.6 is 15.9 Å². The van der Waals surface area contributed by atoms with Gasteiger partial charge in [0, 0.05) is 11.4 Å². The van der Waals surface area contributed by atoms with E-state index in [1.165, 1.54) is 12.1 Å². The Morgan fingerprint density at radius 1 is 1.62 bits per heavy atom. The summed E-state index contributed by atoms with van der Waals surface area (Å²) in [4.78, 5) is 9.86. The summed E-state index contributed by atoms with van der Waals surface area (Å²) in [6.07, 6.45) is 0. The van der Waals surface area contributed by atoms with Crippen LogP contribution < -0.4 is 0 Å². The van der Waals surface area contributed by atoms with Gasteiger partial charge < -0.3 is 0 Å². The molecule has 0 unspecified atom stereocenters. The Hall–Kier alpha value is -1.41. The minimum absolute atomic E-state index is 0.0990. The number of nitro benzene ring substituents is 1. The molecule has 66 valence electrons. The van der Waals surface area contributed by atoms with Crippen molar-refractivity contribution in [3.05, 3.63) is 39.4 Å². The summed E-state index contributed by atoms with van der Waals surface area (Å²) in [6.45, 7) is 0. The van der Waals surface area contributed by atoms with Gasteiger partial charge in [0.1, 0.15) is 11.6 Å². The maximum atomic E-state index is 10.4. The molecule has 5 heteroatoms. The van der Waals surface area contributed by atoms with E-state index in [0.29, 0.717) is 5.33 Å². The Balaban J connectivity index is 3.26. The zero-order chi connectivity index (χ0) is 9.84. The van der Waals surface area contributed by atoms with Gasteiger partial charge in [-0.25, -0.2) is 0 Å². The van der Waals surface area contributed by atoms with Crippen molar-refractivity contribution in [2.75, 3.05) is 0 Å². The monoisotopic (exact) mass is 240 g/mol. The maximum Gasteiger partial charge on any atom is 0.287 e. The molecule has 0 aliphatic carbocycles. The summed E-state index contributed by atoms with van der Waals surface area (Å²) in [5.74, 6) is 0. The molecule has 1 aromatic rings. The number of hydrogen-bond acceptors (Lipinski definition) is 3. The van der Waals surface area contributed by atoms with E-state index < -0.39 is 4.92 Å². The Labute approximate surface area is 83.1 Å². The number of nitrogens with zero attached hydrogens (tertiary/aromatic N) is 2. The summed E-state index contributed by atoms with van der Waals surface area (Å²) in [5.41, 5.74) is 0.802. The van der Waals surface area contributed by atoms with E-state index >= 15 is 0 Å². The van der Waals surface area contributed by atoms with Gasteiger partial charge in [-0.2, -0.15) is 5.26 Å². The molecule has 0 N–H and O–H groups in total. The van der Waals surface area contributed by atoms with Gasteiger partial charge in [0.25, 0.3) is 5.69 Å². The molecule has 1 rings (SSSR count). The minimum atomic E-state index is -0.559. The van der Waals surface area contributed by atoms with Gasteiger partial charge in [-0.3, -0.25) is 10.1 Å². The summed E-state index contributed by atoms with van der Waals surface area (Å²) in [5, 5.41) is 19.6. The molecule has 4 nitrogen and oxygen atoms in total. The van der Waals surface area contributed by atoms with E-state index in [4.69, 9.17) is 5.26 Å². The van der Waals surface area contributed by atoms with Crippen LogP contribution in [0.4, 0.5) is 5.69 Å². The molecule has 0 amide bonds. The van der Waals surface area contributed by atoms with Gasteiger partial charge in [-0.05, 0) is 11.6 Å². The maximum absolute atomic E-state index is 10.4. The van der Waals surface area contributed by atoms with Crippen molar-refractivity contribution in [2.45, 2.75) is 5.33 Å². The minimum Gasteiger partial charge on any atom is -0.258 e. The van der Waals surface area contributed by atoms with Crippen molar-refractivity contribution >= 4 is 21.6 Å². The van der Waals surface area contributed by atoms with E-state index in [-0.39, 0.29) is 11.3 Å². The topological polar surface area (TPSA) is 66.9 Å². The first kappa shape index (κ1) is 9.68. The van der Waals surface area contributed by atoms with E-state index in [1.807, 2.05) is 0 Å². The molecular formula is C8H5BrN2O2. The lowest BCUT2D eigenvalue weighted by atomic mass is 10.1. The first-order valence-electron chi connectivity index (χ1n) is 3.42. The van der Waals surface area contributed by atoms with Crippen LogP contribution in [-0.4, -0.2) is 4.92 Å². The molecule has 0 aliphatic heterocycles. The molecule has 0 spiro atoms. The zero-order valence-corrected chi connectivity index (χ0v) is 8.11. The van der Waals surface area contributed by atoms with Crippen molar-refractivity contribution in [3.8, 4) is 6.07 Å². The van der Waals surface area contributed by atoms with Crippen molar-refractivity contribution in [2.24, 2.45) is 0 Å². The van der Waals surface area contributed by atoms with Gasteiger partial charge >= 0.3 is 0 Å². The fourth-order valence-electron chi connectivity index (χ4n) is 0.915. The second-order valence-electron chi connectivity index (χ2n) is 2.35. The quantitative estimate of drug-likeness (QED) is 0.453. The van der Waals surface area contributed by atoms with Crippen LogP contribution in [0.5, 0.6) is 0 Å². The second kappa shape index (κ2) is 4.01. The number of nitro groups is 1. The highest BCUT2D eigenvalue weighted by atomic mass is 79.9. The lowest BCUT2D eigenvalue weighted by Gasteiger charge is -1.96. The number of halogens is 1. The smallest absolute Gasteiger partial charge is 0.258 e. The van der Waals surface area contributed by atoms with Crippen molar-refractivity contribution in [3.63, 3.8) is 0 Å². The number of alkyl halides is 1. The molecule has 0 aromatic heterocycles. The predicted octanol–water partition coefficient (Wildman–Crippen LogP) is 2.36. The molecule has 0 bridgehead atoms. The predicted molar refractivity (Wildman–Crippen MR) is 50.4 cm³/mol. The summed E-state index contributed by atoms with van der Waals surface area (Å²) in [6, 6.07) is 6.26. The zero-order valence-electron chi connectivity index (χ0n) is 6.53. The first-order chi connectivity index (χ1) is 6.19. The van der Waals surface area contributed by atoms with E-state index in [9.17, 15) is 10.1 Å². The molecule has 0 atom stereocenters. The van der Waals surface area contributed by atoms with Gasteiger partial charge in [-0.1, -0.05) is 22.0 Å². The van der Waals surface area contributed by atoms with Crippen molar-refractivity contribution in [1.82, 2.24) is 0 Å². The lowest BCUT2D eigenvalue weighted by molar-refractivity contribution is -0.385. The van der Waals surface area contributed by atoms with E-state index in [1.54, 1.807) is 12.1 Å². The number of benzene rings is 1. The van der Waals surface area contributed by atoms with E-state index in [0.717, 1.165) is 5.56 Å². The van der Waals surface area contributed by atoms with Crippen LogP contribution in [0, 0.1) is 21.4 Å². The van der Waals surface area contributed by atoms with Crippen LogP contribution in [0.1, 0.15) is 11.1 Å². The molecule has 0 fully saturated rings. The molecule has 13 heavy (non-hydrogen) atoms. The third-order valence-corrected chi connectivity index (χ3v) is 2.18. The van der Waals surface area contributed by atoms with Crippen LogP contribution in [-0.2, 0) is 5.33 Å². The van der Waals surface area contributed by atoms with Crippen LogP contribution in [0.25, 0.3) is 0 Å². The second-order valence-corrected chi connectivity index (χ2v) is 2.91. The molecule has 0 heterocycles. The summed E-state index contributed by atoms with van der Waals surface area (Å²) in [7, 11) is 0. The third kappa shape index (κ3) is 2.04. The van der Waals surface area contributed by atoms with E-state index in [2.05, 4.69) is 15.9 Å². The van der Waals surface area contributed by atoms with Crippen molar-refractivity contribution < 1.29 is 4.92 Å². The fraction of sp³-hybridized carbons (Fsp3) is 0.125. The van der Waals surface area contributed by atoms with Crippen molar-refractivity contribution in [1.29, 1.82) is 5.26 Å². The standard InChI is InChI=1S/C8H5BrN2O2/c9-4-6-1-2-8(11(12)13)7(3-6)5-10/h1-3H,4H2. The average molecular weight is 241 g/mol. The lowest BCUT2D eigenvalue weighted by Crippen LogP contribution is -1.92. The van der Waals surface area contributed by atoms with Crippen LogP contribution in [0.2, 0.25) is 0 Å². The van der Waals surface area contributed by atoms with Gasteiger partial charge in [-0.15, -0.1) is 0 Å². The molecule has 0 radical (unpaired) electrons. The van der Waals surface area contributed by atoms with Gasteiger partial charge in [0.05, 0.1) is 4.92 Å². The number of nitriles is 1. The van der Waals surface area contributed by atoms with Crippen LogP contribution in [0.3, 0.4) is 0 Å². The summed E-state index contributed by atoms with van der Waals surface area (Å²) < 4.78 is 0. The molecule has 0 aliphatic rings. The highest BCUT2D eigenvalue weighted by Gasteiger charge is 2.12. The Kier molecular flexibility index (Phi) is 2.98. The highest BCUT2D eigenvalue weighted by molar-refractivity contribution is 9.08. The molecular weight excluding hydrogens is 236 g/mol. The molecule has 0 saturated carbocycles. The highest BCUT2D eigenvalue weighted by Crippen LogP contribution is 2.19. The fourth-order valence-corrected chi connectivity index (χ4v) is 1.26. The van der Waals surface area contributed by atoms with Gasteiger partial charge in [0.15, 0.2) is 0 Å². The first-order valence-corrected chi connectivity index (χ1v) is 4.54. The Morgan fingerprint density at radius 3 is 2.77 bits per heavy atom. The SMILES string of the molecule is N#Cc1cc(CBr)ccc1[N+](=O)[O-]. The summed E-state index contributed by atoms with van der Waals surface area (Å²) >= 11 is 3.20. The van der Waals surface area contributed by atoms with Gasteiger partial charge in [0.2, 0.25) is 0 Å². The largest absolute Gasteiger partial charge is 0.287 e. The average Bonchev–Trinajstić information content (AvgIpc) is 2.16. The Bertz CT molecular complexity index is 384. The van der Waals surface area contributed by atoms with Crippen LogP contribution in [0.15, 0.2) is 18.2 Å². The number of rotatable bonds is 2. The third-order valence-electron chi connectivity index (χ3n) is 1.53. The molecule has 1 aromatic carbocycles. The number of hydrogen-bond donors (Lipinski definition) is 0.